The zero-order valence-electron chi connectivity index (χ0n) is 18.4. The van der Waals surface area contributed by atoms with E-state index in [9.17, 15) is 9.59 Å². The number of likely N-dealkylation sites (tertiary alicyclic amines) is 1. The Morgan fingerprint density at radius 1 is 1.19 bits per heavy atom. The third-order valence-corrected chi connectivity index (χ3v) is 7.68. The summed E-state index contributed by atoms with van der Waals surface area (Å²) >= 11 is 6.75. The maximum absolute atomic E-state index is 12.3. The third-order valence-electron chi connectivity index (χ3n) is 7.25. The zero-order valence-corrected chi connectivity index (χ0v) is 19.1. The fraction of sp³-hybridized carbons (Fsp3) is 0.423. The van der Waals surface area contributed by atoms with E-state index >= 15 is 0 Å². The summed E-state index contributed by atoms with van der Waals surface area (Å²) in [5.74, 6) is -0.898. The Balaban J connectivity index is 1.38. The second kappa shape index (κ2) is 8.36. The van der Waals surface area contributed by atoms with Crippen LogP contribution in [0.5, 0.6) is 0 Å². The van der Waals surface area contributed by atoms with Crippen LogP contribution < -0.4 is 5.32 Å². The van der Waals surface area contributed by atoms with Crippen LogP contribution in [-0.4, -0.2) is 27.2 Å². The lowest BCUT2D eigenvalue weighted by atomic mass is 9.88. The second-order valence-electron chi connectivity index (χ2n) is 9.19. The van der Waals surface area contributed by atoms with Crippen LogP contribution in [0.3, 0.4) is 0 Å². The molecular formula is C26H28ClN3O2. The van der Waals surface area contributed by atoms with E-state index in [2.05, 4.69) is 35.3 Å². The van der Waals surface area contributed by atoms with Crippen molar-refractivity contribution in [3.63, 3.8) is 0 Å². The molecule has 1 unspecified atom stereocenters. The molecule has 0 bridgehead atoms. The highest BCUT2D eigenvalue weighted by Gasteiger charge is 2.49. The lowest BCUT2D eigenvalue weighted by Crippen LogP contribution is -2.39. The highest BCUT2D eigenvalue weighted by atomic mass is 35.5. The molecule has 1 aliphatic carbocycles. The van der Waals surface area contributed by atoms with E-state index in [4.69, 9.17) is 16.6 Å². The average molecular weight is 450 g/mol. The molecule has 2 aromatic rings. The van der Waals surface area contributed by atoms with E-state index in [1.807, 2.05) is 24.4 Å². The van der Waals surface area contributed by atoms with Crippen molar-refractivity contribution >= 4 is 23.4 Å². The van der Waals surface area contributed by atoms with E-state index < -0.39 is 5.92 Å². The van der Waals surface area contributed by atoms with Crippen molar-refractivity contribution in [2.24, 2.45) is 0 Å². The summed E-state index contributed by atoms with van der Waals surface area (Å²) in [6, 6.07) is 9.89. The molecule has 166 valence electrons. The van der Waals surface area contributed by atoms with Crippen LogP contribution in [-0.2, 0) is 16.1 Å². The largest absolute Gasteiger partial charge is 0.364 e. The minimum atomic E-state index is -0.402. The summed E-state index contributed by atoms with van der Waals surface area (Å²) in [5, 5.41) is 2.98. The van der Waals surface area contributed by atoms with Gasteiger partial charge < -0.3 is 4.90 Å². The standard InChI is InChI=1S/C26H28ClN3O2/c1-2-19-5-4-12-26(13-14-26)30(19)16-18-9-8-17(15-28-18)20-6-3-7-21(24(20)27)22-10-11-23(31)29-25(22)32/h2-3,6-9,15,22H,4-5,10-14,16H2,1H3,(H,29,31,32)/b19-2-. The number of rotatable bonds is 4. The van der Waals surface area contributed by atoms with Crippen LogP contribution in [0.25, 0.3) is 11.1 Å². The number of imide groups is 1. The first kappa shape index (κ1) is 21.2. The van der Waals surface area contributed by atoms with E-state index in [-0.39, 0.29) is 11.8 Å². The normalized spacial score (nSPS) is 23.5. The molecule has 2 aliphatic heterocycles. The predicted octanol–water partition coefficient (Wildman–Crippen LogP) is 5.34. The summed E-state index contributed by atoms with van der Waals surface area (Å²) in [7, 11) is 0. The Labute approximate surface area is 193 Å². The van der Waals surface area contributed by atoms with Gasteiger partial charge in [-0.2, -0.15) is 0 Å². The monoisotopic (exact) mass is 449 g/mol. The van der Waals surface area contributed by atoms with Gasteiger partial charge in [-0.15, -0.1) is 0 Å². The van der Waals surface area contributed by atoms with Crippen LogP contribution in [0.4, 0.5) is 0 Å². The molecule has 1 N–H and O–H groups in total. The maximum atomic E-state index is 12.3. The molecular weight excluding hydrogens is 422 g/mol. The van der Waals surface area contributed by atoms with Gasteiger partial charge >= 0.3 is 0 Å². The van der Waals surface area contributed by atoms with Crippen LogP contribution in [0, 0.1) is 0 Å². The number of hydrogen-bond acceptors (Lipinski definition) is 4. The first-order valence-electron chi connectivity index (χ1n) is 11.5. The minimum absolute atomic E-state index is 0.221. The summed E-state index contributed by atoms with van der Waals surface area (Å²) in [6.07, 6.45) is 11.2. The summed E-state index contributed by atoms with van der Waals surface area (Å²) in [6.45, 7) is 2.97. The fourth-order valence-electron chi connectivity index (χ4n) is 5.28. The smallest absolute Gasteiger partial charge is 0.234 e. The lowest BCUT2D eigenvalue weighted by molar-refractivity contribution is -0.134. The number of hydrogen-bond donors (Lipinski definition) is 1. The Morgan fingerprint density at radius 3 is 2.72 bits per heavy atom. The zero-order chi connectivity index (χ0) is 22.3. The number of amides is 2. The number of carbonyl (C=O) groups is 2. The van der Waals surface area contributed by atoms with E-state index in [0.29, 0.717) is 23.4 Å². The number of aromatic nitrogens is 1. The second-order valence-corrected chi connectivity index (χ2v) is 9.57. The number of nitrogens with zero attached hydrogens (tertiary/aromatic N) is 2. The molecule has 1 atom stereocenters. The molecule has 0 radical (unpaired) electrons. The van der Waals surface area contributed by atoms with Gasteiger partial charge in [0.05, 0.1) is 23.2 Å². The summed E-state index contributed by atoms with van der Waals surface area (Å²) < 4.78 is 0. The van der Waals surface area contributed by atoms with Gasteiger partial charge in [0.25, 0.3) is 0 Å². The quantitative estimate of drug-likeness (QED) is 0.639. The van der Waals surface area contributed by atoms with E-state index in [1.54, 1.807) is 0 Å². The van der Waals surface area contributed by atoms with E-state index in [0.717, 1.165) is 35.3 Å². The molecule has 1 aromatic carbocycles. The van der Waals surface area contributed by atoms with Gasteiger partial charge in [0, 0.05) is 35.0 Å². The highest BCUT2D eigenvalue weighted by molar-refractivity contribution is 6.34. The van der Waals surface area contributed by atoms with Crippen LogP contribution in [0.1, 0.15) is 69.0 Å². The van der Waals surface area contributed by atoms with Crippen molar-refractivity contribution in [3.8, 4) is 11.1 Å². The molecule has 3 fully saturated rings. The number of benzene rings is 1. The van der Waals surface area contributed by atoms with Crippen molar-refractivity contribution in [2.45, 2.75) is 69.9 Å². The van der Waals surface area contributed by atoms with Gasteiger partial charge in [0.1, 0.15) is 0 Å². The fourth-order valence-corrected chi connectivity index (χ4v) is 5.65. The van der Waals surface area contributed by atoms with Gasteiger partial charge in [0.15, 0.2) is 0 Å². The molecule has 5 rings (SSSR count). The maximum Gasteiger partial charge on any atom is 0.234 e. The molecule has 5 nitrogen and oxygen atoms in total. The third kappa shape index (κ3) is 3.83. The van der Waals surface area contributed by atoms with Crippen LogP contribution >= 0.6 is 11.6 Å². The van der Waals surface area contributed by atoms with E-state index in [1.165, 1.54) is 31.4 Å². The number of pyridine rings is 1. The number of piperidine rings is 2. The van der Waals surface area contributed by atoms with Gasteiger partial charge in [-0.3, -0.25) is 19.9 Å². The SMILES string of the molecule is C/C=C1/CCCC2(CC2)N1Cc1ccc(-c2cccc(C3CCC(=O)NC3=O)c2Cl)cn1. The Morgan fingerprint density at radius 2 is 2.03 bits per heavy atom. The molecule has 3 aliphatic rings. The molecule has 2 amide bonds. The van der Waals surface area contributed by atoms with Crippen LogP contribution in [0.15, 0.2) is 48.3 Å². The van der Waals surface area contributed by atoms with Gasteiger partial charge in [-0.25, -0.2) is 0 Å². The highest BCUT2D eigenvalue weighted by Crippen LogP contribution is 2.51. The molecule has 2 saturated heterocycles. The molecule has 1 aromatic heterocycles. The Bertz CT molecular complexity index is 1090. The topological polar surface area (TPSA) is 62.3 Å². The van der Waals surface area contributed by atoms with Crippen molar-refractivity contribution < 1.29 is 9.59 Å². The van der Waals surface area contributed by atoms with Crippen molar-refractivity contribution in [2.75, 3.05) is 0 Å². The number of halogens is 1. The molecule has 32 heavy (non-hydrogen) atoms. The van der Waals surface area contributed by atoms with Crippen molar-refractivity contribution in [1.82, 2.24) is 15.2 Å². The Kier molecular flexibility index (Phi) is 5.54. The minimum Gasteiger partial charge on any atom is -0.364 e. The molecule has 1 saturated carbocycles. The van der Waals surface area contributed by atoms with Gasteiger partial charge in [-0.1, -0.05) is 41.9 Å². The Hall–Kier alpha value is -2.66. The molecule has 6 heteroatoms. The first-order valence-corrected chi connectivity index (χ1v) is 11.9. The van der Waals surface area contributed by atoms with Crippen molar-refractivity contribution in [1.29, 1.82) is 0 Å². The van der Waals surface area contributed by atoms with Crippen LogP contribution in [0.2, 0.25) is 5.02 Å². The first-order chi connectivity index (χ1) is 15.5. The van der Waals surface area contributed by atoms with Crippen molar-refractivity contribution in [3.05, 3.63) is 64.6 Å². The molecule has 1 spiro atoms. The number of allylic oxidation sites excluding steroid dienone is 2. The number of carbonyl (C=O) groups excluding carboxylic acids is 2. The number of nitrogens with one attached hydrogen (secondary N) is 1. The van der Waals surface area contributed by atoms with Gasteiger partial charge in [-0.05, 0) is 57.1 Å². The average Bonchev–Trinajstić information content (AvgIpc) is 3.56. The summed E-state index contributed by atoms with van der Waals surface area (Å²) in [4.78, 5) is 31.2. The van der Waals surface area contributed by atoms with Gasteiger partial charge in [0.2, 0.25) is 11.8 Å². The lowest BCUT2D eigenvalue weighted by Gasteiger charge is -2.40. The summed E-state index contributed by atoms with van der Waals surface area (Å²) in [5.41, 5.74) is 5.41. The molecule has 3 heterocycles. The predicted molar refractivity (Wildman–Crippen MR) is 125 cm³/mol.